The van der Waals surface area contributed by atoms with Crippen molar-refractivity contribution in [3.63, 3.8) is 0 Å². The van der Waals surface area contributed by atoms with Crippen molar-refractivity contribution in [3.05, 3.63) is 5.82 Å². The SMILES string of the molecule is CCCCc1nnc(SCC(=O)NCC(C)C)n1N. The Morgan fingerprint density at radius 1 is 1.47 bits per heavy atom. The van der Waals surface area contributed by atoms with Crippen molar-refractivity contribution >= 4 is 17.7 Å². The van der Waals surface area contributed by atoms with E-state index >= 15 is 0 Å². The minimum absolute atomic E-state index is 0.00296. The normalized spacial score (nSPS) is 10.9. The minimum atomic E-state index is -0.00296. The first-order valence-corrected chi connectivity index (χ1v) is 7.62. The highest BCUT2D eigenvalue weighted by Crippen LogP contribution is 2.15. The van der Waals surface area contributed by atoms with Crippen LogP contribution in [0.1, 0.15) is 39.4 Å². The largest absolute Gasteiger partial charge is 0.355 e. The molecule has 0 saturated carbocycles. The molecular formula is C12H23N5OS. The first-order chi connectivity index (χ1) is 9.04. The van der Waals surface area contributed by atoms with Crippen LogP contribution in [0, 0.1) is 5.92 Å². The lowest BCUT2D eigenvalue weighted by molar-refractivity contribution is -0.118. The Bertz CT molecular complexity index is 405. The van der Waals surface area contributed by atoms with Crippen LogP contribution in [0.2, 0.25) is 0 Å². The second-order valence-corrected chi connectivity index (χ2v) is 5.80. The highest BCUT2D eigenvalue weighted by atomic mass is 32.2. The average Bonchev–Trinajstić information content (AvgIpc) is 2.72. The number of aromatic nitrogens is 3. The van der Waals surface area contributed by atoms with Gasteiger partial charge in [-0.1, -0.05) is 39.0 Å². The van der Waals surface area contributed by atoms with Crippen molar-refractivity contribution in [2.24, 2.45) is 5.92 Å². The molecule has 1 aromatic heterocycles. The van der Waals surface area contributed by atoms with Crippen LogP contribution >= 0.6 is 11.8 Å². The van der Waals surface area contributed by atoms with Gasteiger partial charge in [-0.2, -0.15) is 0 Å². The van der Waals surface area contributed by atoms with Gasteiger partial charge in [0.2, 0.25) is 11.1 Å². The molecule has 0 fully saturated rings. The number of nitrogens with one attached hydrogen (secondary N) is 1. The fourth-order valence-corrected chi connectivity index (χ4v) is 2.12. The predicted molar refractivity (Wildman–Crippen MR) is 77.4 cm³/mol. The summed E-state index contributed by atoms with van der Waals surface area (Å²) >= 11 is 1.31. The lowest BCUT2D eigenvalue weighted by atomic mass is 10.2. The van der Waals surface area contributed by atoms with Crippen molar-refractivity contribution in [2.75, 3.05) is 18.1 Å². The van der Waals surface area contributed by atoms with E-state index < -0.39 is 0 Å². The first kappa shape index (κ1) is 15.8. The number of nitrogens with zero attached hydrogens (tertiary/aromatic N) is 3. The summed E-state index contributed by atoms with van der Waals surface area (Å²) < 4.78 is 1.48. The Morgan fingerprint density at radius 3 is 2.84 bits per heavy atom. The van der Waals surface area contributed by atoms with E-state index in [9.17, 15) is 4.79 Å². The number of nitrogens with two attached hydrogens (primary N) is 1. The molecule has 0 aliphatic rings. The molecule has 1 amide bonds. The average molecular weight is 285 g/mol. The molecule has 0 unspecified atom stereocenters. The summed E-state index contributed by atoms with van der Waals surface area (Å²) in [5.74, 6) is 7.43. The van der Waals surface area contributed by atoms with Crippen molar-refractivity contribution < 1.29 is 4.79 Å². The van der Waals surface area contributed by atoms with Crippen LogP contribution in [-0.2, 0) is 11.2 Å². The topological polar surface area (TPSA) is 85.8 Å². The molecule has 0 aliphatic carbocycles. The van der Waals surface area contributed by atoms with E-state index in [4.69, 9.17) is 5.84 Å². The van der Waals surface area contributed by atoms with E-state index in [0.717, 1.165) is 25.1 Å². The molecule has 1 rings (SSSR count). The van der Waals surface area contributed by atoms with Crippen molar-refractivity contribution in [3.8, 4) is 0 Å². The van der Waals surface area contributed by atoms with Crippen LogP contribution in [0.15, 0.2) is 5.16 Å². The molecule has 0 spiro atoms. The van der Waals surface area contributed by atoms with Gasteiger partial charge < -0.3 is 11.2 Å². The molecule has 1 heterocycles. The van der Waals surface area contributed by atoms with Gasteiger partial charge >= 0.3 is 0 Å². The van der Waals surface area contributed by atoms with Gasteiger partial charge in [0.05, 0.1) is 5.75 Å². The molecule has 0 bridgehead atoms. The number of thioether (sulfide) groups is 1. The van der Waals surface area contributed by atoms with E-state index in [1.807, 2.05) is 0 Å². The molecule has 0 saturated heterocycles. The number of aryl methyl sites for hydroxylation is 1. The van der Waals surface area contributed by atoms with Crippen molar-refractivity contribution in [1.82, 2.24) is 20.2 Å². The fourth-order valence-electron chi connectivity index (χ4n) is 1.41. The van der Waals surface area contributed by atoms with E-state index in [2.05, 4.69) is 36.3 Å². The molecule has 0 aromatic carbocycles. The smallest absolute Gasteiger partial charge is 0.230 e. The summed E-state index contributed by atoms with van der Waals surface area (Å²) in [6.45, 7) is 6.93. The van der Waals surface area contributed by atoms with Gasteiger partial charge in [0, 0.05) is 13.0 Å². The summed E-state index contributed by atoms with van der Waals surface area (Å²) in [4.78, 5) is 11.6. The summed E-state index contributed by atoms with van der Waals surface area (Å²) in [6, 6.07) is 0. The minimum Gasteiger partial charge on any atom is -0.355 e. The molecule has 0 radical (unpaired) electrons. The van der Waals surface area contributed by atoms with Gasteiger partial charge in [0.1, 0.15) is 0 Å². The lowest BCUT2D eigenvalue weighted by Crippen LogP contribution is -2.29. The third-order valence-corrected chi connectivity index (χ3v) is 3.47. The van der Waals surface area contributed by atoms with Crippen LogP contribution in [0.4, 0.5) is 0 Å². The Balaban J connectivity index is 2.40. The lowest BCUT2D eigenvalue weighted by Gasteiger charge is -2.07. The monoisotopic (exact) mass is 285 g/mol. The second-order valence-electron chi connectivity index (χ2n) is 4.86. The number of amides is 1. The number of hydrogen-bond donors (Lipinski definition) is 2. The Labute approximate surface area is 118 Å². The first-order valence-electron chi connectivity index (χ1n) is 6.63. The third-order valence-electron chi connectivity index (χ3n) is 2.53. The summed E-state index contributed by atoms with van der Waals surface area (Å²) in [7, 11) is 0. The van der Waals surface area contributed by atoms with Crippen LogP contribution in [0.25, 0.3) is 0 Å². The van der Waals surface area contributed by atoms with Crippen LogP contribution < -0.4 is 11.2 Å². The van der Waals surface area contributed by atoms with Gasteiger partial charge in [-0.15, -0.1) is 10.2 Å². The third kappa shape index (κ3) is 5.50. The molecule has 3 N–H and O–H groups in total. The highest BCUT2D eigenvalue weighted by molar-refractivity contribution is 7.99. The number of unbranched alkanes of at least 4 members (excludes halogenated alkanes) is 1. The number of carbonyl (C=O) groups is 1. The summed E-state index contributed by atoms with van der Waals surface area (Å²) in [5.41, 5.74) is 0. The molecule has 1 aromatic rings. The predicted octanol–water partition coefficient (Wildman–Crippen LogP) is 1.20. The van der Waals surface area contributed by atoms with Crippen LogP contribution in [0.3, 0.4) is 0 Å². The molecule has 0 aliphatic heterocycles. The highest BCUT2D eigenvalue weighted by Gasteiger charge is 2.11. The van der Waals surface area contributed by atoms with Crippen LogP contribution in [-0.4, -0.2) is 33.1 Å². The zero-order chi connectivity index (χ0) is 14.3. The standard InChI is InChI=1S/C12H23N5OS/c1-4-5-6-10-15-16-12(17(10)13)19-8-11(18)14-7-9(2)3/h9H,4-8,13H2,1-3H3,(H,14,18). The van der Waals surface area contributed by atoms with Gasteiger partial charge in [-0.25, -0.2) is 4.68 Å². The number of carbonyl (C=O) groups excluding carboxylic acids is 1. The Hall–Kier alpha value is -1.24. The van der Waals surface area contributed by atoms with E-state index in [1.54, 1.807) is 0 Å². The number of rotatable bonds is 8. The van der Waals surface area contributed by atoms with Gasteiger partial charge in [0.15, 0.2) is 5.82 Å². The van der Waals surface area contributed by atoms with E-state index in [-0.39, 0.29) is 5.91 Å². The molecule has 0 atom stereocenters. The summed E-state index contributed by atoms with van der Waals surface area (Å²) in [5, 5.41) is 11.5. The number of nitrogen functional groups attached to an aromatic ring is 1. The number of hydrogen-bond acceptors (Lipinski definition) is 5. The molecule has 19 heavy (non-hydrogen) atoms. The van der Waals surface area contributed by atoms with Gasteiger partial charge in [-0.3, -0.25) is 4.79 Å². The molecule has 108 valence electrons. The zero-order valence-electron chi connectivity index (χ0n) is 11.8. The molecule has 6 nitrogen and oxygen atoms in total. The van der Waals surface area contributed by atoms with E-state index in [1.165, 1.54) is 16.4 Å². The van der Waals surface area contributed by atoms with Crippen molar-refractivity contribution in [1.29, 1.82) is 0 Å². The maximum atomic E-state index is 11.6. The maximum Gasteiger partial charge on any atom is 0.230 e. The quantitative estimate of drug-likeness (QED) is 0.553. The molecule has 7 heteroatoms. The Kier molecular flexibility index (Phi) is 6.69. The second kappa shape index (κ2) is 8.04. The van der Waals surface area contributed by atoms with Gasteiger partial charge in [-0.05, 0) is 12.3 Å². The van der Waals surface area contributed by atoms with Gasteiger partial charge in [0.25, 0.3) is 0 Å². The summed E-state index contributed by atoms with van der Waals surface area (Å²) in [6.07, 6.45) is 2.95. The maximum absolute atomic E-state index is 11.6. The molecular weight excluding hydrogens is 262 g/mol. The zero-order valence-corrected chi connectivity index (χ0v) is 12.7. The fraction of sp³-hybridized carbons (Fsp3) is 0.750. The van der Waals surface area contributed by atoms with Crippen LogP contribution in [0.5, 0.6) is 0 Å². The Morgan fingerprint density at radius 2 is 2.21 bits per heavy atom. The van der Waals surface area contributed by atoms with Crippen molar-refractivity contribution in [2.45, 2.75) is 45.2 Å². The van der Waals surface area contributed by atoms with E-state index in [0.29, 0.717) is 23.4 Å².